The Bertz CT molecular complexity index is 756. The summed E-state index contributed by atoms with van der Waals surface area (Å²) in [5.74, 6) is 0. The fourth-order valence-corrected chi connectivity index (χ4v) is 2.19. The molecule has 94 valence electrons. The predicted molar refractivity (Wildman–Crippen MR) is 79.8 cm³/mol. The van der Waals surface area contributed by atoms with Crippen LogP contribution >= 0.6 is 0 Å². The van der Waals surface area contributed by atoms with Crippen molar-refractivity contribution in [2.24, 2.45) is 0 Å². The molecule has 0 N–H and O–H groups in total. The number of nitrogens with zero attached hydrogens (tertiary/aromatic N) is 2. The lowest BCUT2D eigenvalue weighted by Crippen LogP contribution is -1.88. The molecule has 0 spiro atoms. The summed E-state index contributed by atoms with van der Waals surface area (Å²) < 4.78 is 0. The summed E-state index contributed by atoms with van der Waals surface area (Å²) in [6, 6.07) is 23.9. The monoisotopic (exact) mass is 256 g/mol. The minimum atomic E-state index is 0.644. The number of aromatic nitrogens is 1. The van der Waals surface area contributed by atoms with Gasteiger partial charge in [0.05, 0.1) is 17.3 Å². The summed E-state index contributed by atoms with van der Waals surface area (Å²) in [6.07, 6.45) is 1.74. The third-order valence-corrected chi connectivity index (χ3v) is 3.19. The van der Waals surface area contributed by atoms with Crippen LogP contribution in [0.1, 0.15) is 5.56 Å². The quantitative estimate of drug-likeness (QED) is 0.686. The highest BCUT2D eigenvalue weighted by molar-refractivity contribution is 5.74. The summed E-state index contributed by atoms with van der Waals surface area (Å²) in [7, 11) is 0. The molecule has 0 radical (unpaired) electrons. The molecule has 3 rings (SSSR count). The van der Waals surface area contributed by atoms with Crippen molar-refractivity contribution in [3.8, 4) is 28.5 Å². The minimum absolute atomic E-state index is 0.644. The topological polar surface area (TPSA) is 36.7 Å². The van der Waals surface area contributed by atoms with Gasteiger partial charge < -0.3 is 0 Å². The number of hydrogen-bond acceptors (Lipinski definition) is 2. The van der Waals surface area contributed by atoms with Crippen molar-refractivity contribution in [2.45, 2.75) is 0 Å². The number of pyridine rings is 1. The van der Waals surface area contributed by atoms with Crippen molar-refractivity contribution in [1.82, 2.24) is 4.98 Å². The molecule has 2 heteroatoms. The molecule has 0 aliphatic carbocycles. The molecule has 3 aromatic rings. The highest BCUT2D eigenvalue weighted by Crippen LogP contribution is 2.27. The molecular formula is C18H12N2. The van der Waals surface area contributed by atoms with Gasteiger partial charge in [-0.3, -0.25) is 4.98 Å². The molecule has 0 amide bonds. The van der Waals surface area contributed by atoms with Crippen molar-refractivity contribution < 1.29 is 0 Å². The molecule has 2 nitrogen and oxygen atoms in total. The summed E-state index contributed by atoms with van der Waals surface area (Å²) in [6.45, 7) is 0. The van der Waals surface area contributed by atoms with Crippen LogP contribution in [0, 0.1) is 11.3 Å². The maximum Gasteiger partial charge on any atom is 0.0998 e. The van der Waals surface area contributed by atoms with E-state index in [1.165, 1.54) is 0 Å². The molecule has 20 heavy (non-hydrogen) atoms. The SMILES string of the molecule is N#Cc1cc(-c2ccccc2)ccc1-c1ccccn1. The van der Waals surface area contributed by atoms with Gasteiger partial charge in [0.15, 0.2) is 0 Å². The van der Waals surface area contributed by atoms with Crippen LogP contribution in [0.3, 0.4) is 0 Å². The van der Waals surface area contributed by atoms with Crippen LogP contribution in [0.5, 0.6) is 0 Å². The van der Waals surface area contributed by atoms with Crippen LogP contribution in [0.4, 0.5) is 0 Å². The first-order chi connectivity index (χ1) is 9.88. The fraction of sp³-hybridized carbons (Fsp3) is 0. The van der Waals surface area contributed by atoms with E-state index in [1.54, 1.807) is 6.20 Å². The maximum atomic E-state index is 9.37. The molecule has 0 saturated heterocycles. The molecule has 2 aromatic carbocycles. The van der Waals surface area contributed by atoms with Crippen molar-refractivity contribution in [3.63, 3.8) is 0 Å². The van der Waals surface area contributed by atoms with Gasteiger partial charge in [0.2, 0.25) is 0 Å². The molecule has 0 saturated carbocycles. The van der Waals surface area contributed by atoms with E-state index >= 15 is 0 Å². The second-order valence-electron chi connectivity index (χ2n) is 4.45. The van der Waals surface area contributed by atoms with Gasteiger partial charge in [-0.2, -0.15) is 5.26 Å². The van der Waals surface area contributed by atoms with E-state index in [4.69, 9.17) is 0 Å². The Labute approximate surface area is 118 Å². The lowest BCUT2D eigenvalue weighted by atomic mass is 9.98. The van der Waals surface area contributed by atoms with Crippen molar-refractivity contribution in [2.75, 3.05) is 0 Å². The van der Waals surface area contributed by atoms with Gasteiger partial charge in [0.1, 0.15) is 0 Å². The average molecular weight is 256 g/mol. The summed E-state index contributed by atoms with van der Waals surface area (Å²) >= 11 is 0. The number of rotatable bonds is 2. The first kappa shape index (κ1) is 12.1. The van der Waals surface area contributed by atoms with E-state index in [1.807, 2.05) is 66.7 Å². The van der Waals surface area contributed by atoms with Gasteiger partial charge in [-0.25, -0.2) is 0 Å². The van der Waals surface area contributed by atoms with Gasteiger partial charge in [0.25, 0.3) is 0 Å². The zero-order chi connectivity index (χ0) is 13.8. The predicted octanol–water partition coefficient (Wildman–Crippen LogP) is 4.29. The number of hydrogen-bond donors (Lipinski definition) is 0. The highest BCUT2D eigenvalue weighted by Gasteiger charge is 2.07. The average Bonchev–Trinajstić information content (AvgIpc) is 2.56. The second-order valence-corrected chi connectivity index (χ2v) is 4.45. The summed E-state index contributed by atoms with van der Waals surface area (Å²) in [5, 5.41) is 9.37. The summed E-state index contributed by atoms with van der Waals surface area (Å²) in [5.41, 5.74) is 4.49. The Hall–Kier alpha value is -2.92. The Morgan fingerprint density at radius 1 is 0.800 bits per heavy atom. The van der Waals surface area contributed by atoms with Gasteiger partial charge in [-0.05, 0) is 29.3 Å². The standard InChI is InChI=1S/C18H12N2/c19-13-16-12-15(14-6-2-1-3-7-14)9-10-17(16)18-8-4-5-11-20-18/h1-12H. The largest absolute Gasteiger partial charge is 0.256 e. The van der Waals surface area contributed by atoms with Crippen molar-refractivity contribution >= 4 is 0 Å². The number of benzene rings is 2. The van der Waals surface area contributed by atoms with Crippen LogP contribution < -0.4 is 0 Å². The van der Waals surface area contributed by atoms with Crippen LogP contribution in [-0.2, 0) is 0 Å². The van der Waals surface area contributed by atoms with Gasteiger partial charge in [-0.15, -0.1) is 0 Å². The molecule has 0 aliphatic heterocycles. The van der Waals surface area contributed by atoms with E-state index in [-0.39, 0.29) is 0 Å². The molecule has 0 fully saturated rings. The van der Waals surface area contributed by atoms with Gasteiger partial charge in [0, 0.05) is 11.8 Å². The first-order valence-electron chi connectivity index (χ1n) is 6.39. The molecular weight excluding hydrogens is 244 g/mol. The summed E-state index contributed by atoms with van der Waals surface area (Å²) in [4.78, 5) is 4.31. The van der Waals surface area contributed by atoms with Crippen LogP contribution in [-0.4, -0.2) is 4.98 Å². The van der Waals surface area contributed by atoms with Crippen LogP contribution in [0.2, 0.25) is 0 Å². The van der Waals surface area contributed by atoms with Crippen molar-refractivity contribution in [1.29, 1.82) is 5.26 Å². The van der Waals surface area contributed by atoms with Gasteiger partial charge in [-0.1, -0.05) is 48.5 Å². The van der Waals surface area contributed by atoms with E-state index in [9.17, 15) is 5.26 Å². The Morgan fingerprint density at radius 3 is 2.30 bits per heavy atom. The third kappa shape index (κ3) is 2.30. The zero-order valence-corrected chi connectivity index (χ0v) is 10.8. The second kappa shape index (κ2) is 5.38. The Balaban J connectivity index is 2.11. The van der Waals surface area contributed by atoms with E-state index < -0.39 is 0 Å². The molecule has 0 atom stereocenters. The van der Waals surface area contributed by atoms with E-state index in [0.29, 0.717) is 5.56 Å². The smallest absolute Gasteiger partial charge is 0.0998 e. The minimum Gasteiger partial charge on any atom is -0.256 e. The Morgan fingerprint density at radius 2 is 1.60 bits per heavy atom. The van der Waals surface area contributed by atoms with E-state index in [2.05, 4.69) is 11.1 Å². The van der Waals surface area contributed by atoms with Gasteiger partial charge >= 0.3 is 0 Å². The normalized spacial score (nSPS) is 9.95. The molecule has 1 heterocycles. The Kier molecular flexibility index (Phi) is 3.26. The molecule has 0 bridgehead atoms. The fourth-order valence-electron chi connectivity index (χ4n) is 2.19. The third-order valence-electron chi connectivity index (χ3n) is 3.19. The first-order valence-corrected chi connectivity index (χ1v) is 6.39. The lowest BCUT2D eigenvalue weighted by Gasteiger charge is -2.07. The molecule has 0 unspecified atom stereocenters. The molecule has 1 aromatic heterocycles. The van der Waals surface area contributed by atoms with Crippen LogP contribution in [0.15, 0.2) is 72.9 Å². The molecule has 0 aliphatic rings. The number of nitriles is 1. The zero-order valence-electron chi connectivity index (χ0n) is 10.8. The van der Waals surface area contributed by atoms with Crippen LogP contribution in [0.25, 0.3) is 22.4 Å². The van der Waals surface area contributed by atoms with E-state index in [0.717, 1.165) is 22.4 Å². The lowest BCUT2D eigenvalue weighted by molar-refractivity contribution is 1.32. The highest BCUT2D eigenvalue weighted by atomic mass is 14.7. The van der Waals surface area contributed by atoms with Crippen molar-refractivity contribution in [3.05, 3.63) is 78.5 Å². The maximum absolute atomic E-state index is 9.37.